The predicted octanol–water partition coefficient (Wildman–Crippen LogP) is 3.11. The highest BCUT2D eigenvalue weighted by Gasteiger charge is 2.40. The Labute approximate surface area is 194 Å². The molecule has 4 rings (SSSR count). The average molecular weight is 454 g/mol. The molecular weight excluding hydrogens is 422 g/mol. The van der Waals surface area contributed by atoms with Gasteiger partial charge in [0.2, 0.25) is 11.8 Å². The number of aromatic amines is 1. The van der Waals surface area contributed by atoms with Gasteiger partial charge in [0.1, 0.15) is 12.5 Å². The summed E-state index contributed by atoms with van der Waals surface area (Å²) in [5, 5.41) is 25.4. The van der Waals surface area contributed by atoms with Crippen LogP contribution in [0.1, 0.15) is 43.0 Å². The van der Waals surface area contributed by atoms with Crippen LogP contribution in [-0.4, -0.2) is 67.1 Å². The quantitative estimate of drug-likeness (QED) is 0.599. The van der Waals surface area contributed by atoms with Crippen molar-refractivity contribution in [2.45, 2.75) is 32.6 Å². The molecule has 0 aliphatic carbocycles. The molecule has 0 spiro atoms. The molecule has 1 aromatic carbocycles. The van der Waals surface area contributed by atoms with Crippen molar-refractivity contribution in [1.82, 2.24) is 15.1 Å². The summed E-state index contributed by atoms with van der Waals surface area (Å²) in [5.74, 6) is 0.484. The Morgan fingerprint density at radius 2 is 2.06 bits per heavy atom. The Bertz CT molecular complexity index is 1010. The van der Waals surface area contributed by atoms with Crippen molar-refractivity contribution in [1.29, 1.82) is 10.7 Å². The maximum Gasteiger partial charge on any atom is 0.243 e. The second kappa shape index (κ2) is 10.7. The fourth-order valence-corrected chi connectivity index (χ4v) is 4.40. The first-order chi connectivity index (χ1) is 16.2. The number of rotatable bonds is 9. The molecule has 2 aliphatic heterocycles. The zero-order chi connectivity index (χ0) is 23.2. The molecular formula is C24H31N5O4. The van der Waals surface area contributed by atoms with E-state index >= 15 is 0 Å². The van der Waals surface area contributed by atoms with Crippen molar-refractivity contribution < 1.29 is 18.9 Å². The average Bonchev–Trinajstić information content (AvgIpc) is 3.22. The van der Waals surface area contributed by atoms with E-state index in [9.17, 15) is 5.26 Å². The molecule has 33 heavy (non-hydrogen) atoms. The van der Waals surface area contributed by atoms with Gasteiger partial charge in [0.05, 0.1) is 25.9 Å². The van der Waals surface area contributed by atoms with Crippen LogP contribution < -0.4 is 14.2 Å². The van der Waals surface area contributed by atoms with Crippen molar-refractivity contribution in [3.63, 3.8) is 0 Å². The van der Waals surface area contributed by atoms with Gasteiger partial charge in [-0.3, -0.25) is 15.4 Å². The third-order valence-electron chi connectivity index (χ3n) is 6.02. The SMILES string of the molecule is CCCc1[nH]nc2c1C(c1ccc(OCCN3CCOCC3)c(OCC)c1)C(C#N)C(=N)O2. The van der Waals surface area contributed by atoms with Gasteiger partial charge < -0.3 is 18.9 Å². The topological polar surface area (TPSA) is 116 Å². The van der Waals surface area contributed by atoms with Crippen molar-refractivity contribution >= 4 is 5.90 Å². The number of benzene rings is 1. The van der Waals surface area contributed by atoms with Gasteiger partial charge in [0.25, 0.3) is 0 Å². The Kier molecular flexibility index (Phi) is 7.47. The number of ether oxygens (including phenoxy) is 4. The summed E-state index contributed by atoms with van der Waals surface area (Å²) in [7, 11) is 0. The van der Waals surface area contributed by atoms with Crippen molar-refractivity contribution in [3.05, 3.63) is 35.0 Å². The minimum Gasteiger partial charge on any atom is -0.490 e. The highest BCUT2D eigenvalue weighted by molar-refractivity contribution is 5.84. The molecule has 176 valence electrons. The van der Waals surface area contributed by atoms with E-state index in [4.69, 9.17) is 24.4 Å². The highest BCUT2D eigenvalue weighted by atomic mass is 16.5. The summed E-state index contributed by atoms with van der Waals surface area (Å²) in [5.41, 5.74) is 2.66. The number of nitriles is 1. The van der Waals surface area contributed by atoms with E-state index in [1.807, 2.05) is 25.1 Å². The Hall–Kier alpha value is -3.09. The van der Waals surface area contributed by atoms with Crippen LogP contribution in [0.2, 0.25) is 0 Å². The van der Waals surface area contributed by atoms with Gasteiger partial charge in [-0.2, -0.15) is 5.26 Å². The van der Waals surface area contributed by atoms with Gasteiger partial charge in [-0.25, -0.2) is 0 Å². The van der Waals surface area contributed by atoms with Gasteiger partial charge in [0.15, 0.2) is 11.5 Å². The van der Waals surface area contributed by atoms with Gasteiger partial charge >= 0.3 is 0 Å². The molecule has 0 saturated carbocycles. The number of nitrogens with one attached hydrogen (secondary N) is 2. The lowest BCUT2D eigenvalue weighted by Gasteiger charge is -2.29. The molecule has 0 radical (unpaired) electrons. The van der Waals surface area contributed by atoms with Gasteiger partial charge in [0, 0.05) is 36.8 Å². The largest absolute Gasteiger partial charge is 0.490 e. The lowest BCUT2D eigenvalue weighted by Crippen LogP contribution is -2.38. The van der Waals surface area contributed by atoms with Crippen molar-refractivity contribution in [2.24, 2.45) is 5.92 Å². The zero-order valence-corrected chi connectivity index (χ0v) is 19.2. The molecule has 2 aromatic rings. The number of nitrogens with zero attached hydrogens (tertiary/aromatic N) is 3. The lowest BCUT2D eigenvalue weighted by molar-refractivity contribution is 0.0321. The van der Waals surface area contributed by atoms with Crippen LogP contribution in [0, 0.1) is 22.7 Å². The second-order valence-corrected chi connectivity index (χ2v) is 8.16. The van der Waals surface area contributed by atoms with E-state index in [1.54, 1.807) is 0 Å². The molecule has 1 saturated heterocycles. The molecule has 0 amide bonds. The molecule has 0 bridgehead atoms. The summed E-state index contributed by atoms with van der Waals surface area (Å²) in [6.07, 6.45) is 1.71. The molecule has 3 heterocycles. The third kappa shape index (κ3) is 4.97. The summed E-state index contributed by atoms with van der Waals surface area (Å²) in [6.45, 7) is 9.23. The van der Waals surface area contributed by atoms with Crippen LogP contribution in [0.5, 0.6) is 17.4 Å². The molecule has 1 aromatic heterocycles. The Morgan fingerprint density at radius 3 is 2.79 bits per heavy atom. The number of hydrogen-bond donors (Lipinski definition) is 2. The van der Waals surface area contributed by atoms with E-state index in [0.29, 0.717) is 30.6 Å². The molecule has 1 fully saturated rings. The summed E-state index contributed by atoms with van der Waals surface area (Å²) < 4.78 is 22.9. The second-order valence-electron chi connectivity index (χ2n) is 8.16. The van der Waals surface area contributed by atoms with Crippen molar-refractivity contribution in [2.75, 3.05) is 46.1 Å². The third-order valence-corrected chi connectivity index (χ3v) is 6.02. The normalized spacial score (nSPS) is 20.6. The van der Waals surface area contributed by atoms with Crippen LogP contribution in [0.25, 0.3) is 0 Å². The predicted molar refractivity (Wildman–Crippen MR) is 122 cm³/mol. The smallest absolute Gasteiger partial charge is 0.243 e. The van der Waals surface area contributed by atoms with E-state index < -0.39 is 5.92 Å². The maximum atomic E-state index is 9.87. The van der Waals surface area contributed by atoms with Crippen LogP contribution in [0.15, 0.2) is 18.2 Å². The van der Waals surface area contributed by atoms with Crippen LogP contribution in [-0.2, 0) is 11.2 Å². The number of aryl methyl sites for hydroxylation is 1. The first kappa shape index (κ1) is 23.1. The molecule has 9 nitrogen and oxygen atoms in total. The minimum atomic E-state index is -0.742. The van der Waals surface area contributed by atoms with Crippen LogP contribution in [0.4, 0.5) is 0 Å². The molecule has 9 heteroatoms. The lowest BCUT2D eigenvalue weighted by atomic mass is 9.79. The first-order valence-corrected chi connectivity index (χ1v) is 11.6. The van der Waals surface area contributed by atoms with Crippen LogP contribution >= 0.6 is 0 Å². The molecule has 2 unspecified atom stereocenters. The minimum absolute atomic E-state index is 0.0895. The van der Waals surface area contributed by atoms with E-state index in [-0.39, 0.29) is 11.8 Å². The number of fused-ring (bicyclic) bond motifs is 1. The van der Waals surface area contributed by atoms with Crippen LogP contribution in [0.3, 0.4) is 0 Å². The molecule has 2 atom stereocenters. The fraction of sp³-hybridized carbons (Fsp3) is 0.542. The Balaban J connectivity index is 1.61. The maximum absolute atomic E-state index is 9.87. The Morgan fingerprint density at radius 1 is 1.24 bits per heavy atom. The number of aromatic nitrogens is 2. The van der Waals surface area contributed by atoms with E-state index in [0.717, 1.165) is 62.5 Å². The first-order valence-electron chi connectivity index (χ1n) is 11.6. The van der Waals surface area contributed by atoms with E-state index in [1.165, 1.54) is 0 Å². The molecule has 2 N–H and O–H groups in total. The number of H-pyrrole nitrogens is 1. The summed E-state index contributed by atoms with van der Waals surface area (Å²) >= 11 is 0. The van der Waals surface area contributed by atoms with Gasteiger partial charge in [-0.05, 0) is 31.0 Å². The monoisotopic (exact) mass is 453 g/mol. The van der Waals surface area contributed by atoms with Gasteiger partial charge in [-0.15, -0.1) is 5.10 Å². The highest BCUT2D eigenvalue weighted by Crippen LogP contribution is 2.45. The fourth-order valence-electron chi connectivity index (χ4n) is 4.40. The van der Waals surface area contributed by atoms with Gasteiger partial charge in [-0.1, -0.05) is 19.4 Å². The number of hydrogen-bond acceptors (Lipinski definition) is 8. The summed E-state index contributed by atoms with van der Waals surface area (Å²) in [6, 6.07) is 8.03. The van der Waals surface area contributed by atoms with E-state index in [2.05, 4.69) is 28.1 Å². The van der Waals surface area contributed by atoms with Crippen molar-refractivity contribution in [3.8, 4) is 23.4 Å². The number of morpholine rings is 1. The zero-order valence-electron chi connectivity index (χ0n) is 19.2. The summed E-state index contributed by atoms with van der Waals surface area (Å²) in [4.78, 5) is 2.32. The standard InChI is InChI=1S/C24H31N5O4/c1-3-5-18-22-21(17(15-25)23(26)33-24(22)28-27-18)16-6-7-19(20(14-16)31-4-2)32-13-10-29-8-11-30-12-9-29/h6-7,14,17,21,26H,3-5,8-13H2,1-2H3,(H,27,28). The molecule has 2 aliphatic rings.